The van der Waals surface area contributed by atoms with E-state index >= 15 is 0 Å². The summed E-state index contributed by atoms with van der Waals surface area (Å²) >= 11 is 3.50. The van der Waals surface area contributed by atoms with E-state index in [9.17, 15) is 4.79 Å². The lowest BCUT2D eigenvalue weighted by Gasteiger charge is -2.20. The molecule has 0 bridgehead atoms. The summed E-state index contributed by atoms with van der Waals surface area (Å²) in [5.74, 6) is 0.326. The molecule has 1 unspecified atom stereocenters. The van der Waals surface area contributed by atoms with Crippen LogP contribution in [0.15, 0.2) is 30.3 Å². The second-order valence-corrected chi connectivity index (χ2v) is 4.47. The monoisotopic (exact) mass is 283 g/mol. The standard InChI is InChI=1S/C12H14BrNO2/c13-8-11(10-4-2-1-3-5-10)9-14-6-7-16-12(14)15/h1-5,11H,6-9H2. The van der Waals surface area contributed by atoms with Gasteiger partial charge in [-0.2, -0.15) is 0 Å². The number of alkyl halides is 1. The summed E-state index contributed by atoms with van der Waals surface area (Å²) in [5.41, 5.74) is 1.25. The molecule has 1 aliphatic rings. The minimum Gasteiger partial charge on any atom is -0.448 e. The van der Waals surface area contributed by atoms with Crippen LogP contribution in [0.2, 0.25) is 0 Å². The fraction of sp³-hybridized carbons (Fsp3) is 0.417. The fourth-order valence-corrected chi connectivity index (χ4v) is 2.40. The number of hydrogen-bond donors (Lipinski definition) is 0. The molecule has 86 valence electrons. The van der Waals surface area contributed by atoms with Gasteiger partial charge in [-0.15, -0.1) is 0 Å². The Bertz CT molecular complexity index is 355. The van der Waals surface area contributed by atoms with Gasteiger partial charge in [-0.05, 0) is 5.56 Å². The normalized spacial score (nSPS) is 17.3. The van der Waals surface area contributed by atoms with Gasteiger partial charge in [0.1, 0.15) is 6.61 Å². The van der Waals surface area contributed by atoms with Crippen LogP contribution in [-0.4, -0.2) is 36.0 Å². The Morgan fingerprint density at radius 2 is 2.12 bits per heavy atom. The van der Waals surface area contributed by atoms with Gasteiger partial charge >= 0.3 is 6.09 Å². The second kappa shape index (κ2) is 5.34. The quantitative estimate of drug-likeness (QED) is 0.795. The Morgan fingerprint density at radius 3 is 2.69 bits per heavy atom. The number of cyclic esters (lactones) is 1. The molecule has 1 aromatic rings. The summed E-state index contributed by atoms with van der Waals surface area (Å²) in [7, 11) is 0. The Kier molecular flexibility index (Phi) is 3.83. The number of ether oxygens (including phenoxy) is 1. The van der Waals surface area contributed by atoms with Crippen LogP contribution >= 0.6 is 15.9 Å². The number of nitrogens with zero attached hydrogens (tertiary/aromatic N) is 1. The van der Waals surface area contributed by atoms with Gasteiger partial charge in [-0.25, -0.2) is 4.79 Å². The third-order valence-electron chi connectivity index (χ3n) is 2.74. The number of halogens is 1. The molecule has 1 saturated heterocycles. The Morgan fingerprint density at radius 1 is 1.38 bits per heavy atom. The molecular weight excluding hydrogens is 270 g/mol. The van der Waals surface area contributed by atoms with Gasteiger partial charge in [-0.3, -0.25) is 0 Å². The predicted octanol–water partition coefficient (Wildman–Crippen LogP) is 2.62. The summed E-state index contributed by atoms with van der Waals surface area (Å²) in [5, 5.41) is 0.848. The van der Waals surface area contributed by atoms with Gasteiger partial charge < -0.3 is 9.64 Å². The van der Waals surface area contributed by atoms with Gasteiger partial charge in [0.25, 0.3) is 0 Å². The molecular formula is C12H14BrNO2. The van der Waals surface area contributed by atoms with Crippen LogP contribution in [0, 0.1) is 0 Å². The summed E-state index contributed by atoms with van der Waals surface area (Å²) < 4.78 is 4.92. The SMILES string of the molecule is O=C1OCCN1CC(CBr)c1ccccc1. The van der Waals surface area contributed by atoms with E-state index in [0.29, 0.717) is 25.6 Å². The van der Waals surface area contributed by atoms with E-state index in [4.69, 9.17) is 4.74 Å². The van der Waals surface area contributed by atoms with Crippen molar-refractivity contribution in [2.45, 2.75) is 5.92 Å². The largest absolute Gasteiger partial charge is 0.448 e. The molecule has 16 heavy (non-hydrogen) atoms. The molecule has 0 saturated carbocycles. The maximum atomic E-state index is 11.3. The van der Waals surface area contributed by atoms with E-state index < -0.39 is 0 Å². The number of benzene rings is 1. The predicted molar refractivity (Wildman–Crippen MR) is 65.9 cm³/mol. The highest BCUT2D eigenvalue weighted by atomic mass is 79.9. The highest BCUT2D eigenvalue weighted by Crippen LogP contribution is 2.20. The van der Waals surface area contributed by atoms with Gasteiger partial charge in [0.05, 0.1) is 6.54 Å². The van der Waals surface area contributed by atoms with Gasteiger partial charge in [0.2, 0.25) is 0 Å². The van der Waals surface area contributed by atoms with Crippen LogP contribution in [0.25, 0.3) is 0 Å². The van der Waals surface area contributed by atoms with Crippen molar-refractivity contribution in [3.05, 3.63) is 35.9 Å². The van der Waals surface area contributed by atoms with Crippen LogP contribution in [0.3, 0.4) is 0 Å². The number of carbonyl (C=O) groups is 1. The van der Waals surface area contributed by atoms with Crippen LogP contribution in [0.5, 0.6) is 0 Å². The highest BCUT2D eigenvalue weighted by molar-refractivity contribution is 9.09. The molecule has 0 spiro atoms. The van der Waals surface area contributed by atoms with Crippen molar-refractivity contribution in [2.24, 2.45) is 0 Å². The highest BCUT2D eigenvalue weighted by Gasteiger charge is 2.25. The Balaban J connectivity index is 2.03. The van der Waals surface area contributed by atoms with Crippen LogP contribution in [0.4, 0.5) is 4.79 Å². The molecule has 1 atom stereocenters. The maximum absolute atomic E-state index is 11.3. The lowest BCUT2D eigenvalue weighted by atomic mass is 10.0. The molecule has 0 aromatic heterocycles. The third-order valence-corrected chi connectivity index (χ3v) is 3.52. The third kappa shape index (κ3) is 2.55. The zero-order chi connectivity index (χ0) is 11.4. The van der Waals surface area contributed by atoms with E-state index in [1.807, 2.05) is 18.2 Å². The van der Waals surface area contributed by atoms with Crippen LogP contribution in [0.1, 0.15) is 11.5 Å². The summed E-state index contributed by atoms with van der Waals surface area (Å²) in [6.45, 7) is 1.94. The second-order valence-electron chi connectivity index (χ2n) is 3.82. The molecule has 1 fully saturated rings. The fourth-order valence-electron chi connectivity index (χ4n) is 1.83. The number of rotatable bonds is 4. The lowest BCUT2D eigenvalue weighted by molar-refractivity contribution is 0.157. The van der Waals surface area contributed by atoms with E-state index in [1.54, 1.807) is 4.90 Å². The van der Waals surface area contributed by atoms with Gasteiger partial charge in [0.15, 0.2) is 0 Å². The zero-order valence-corrected chi connectivity index (χ0v) is 10.5. The zero-order valence-electron chi connectivity index (χ0n) is 8.93. The smallest absolute Gasteiger partial charge is 0.409 e. The average Bonchev–Trinajstić information content (AvgIpc) is 2.73. The minimum absolute atomic E-state index is 0.193. The van der Waals surface area contributed by atoms with Crippen molar-refractivity contribution in [1.29, 1.82) is 0 Å². The first-order chi connectivity index (χ1) is 7.81. The Labute approximate surface area is 104 Å². The van der Waals surface area contributed by atoms with Crippen molar-refractivity contribution in [3.8, 4) is 0 Å². The molecule has 0 N–H and O–H groups in total. The first-order valence-electron chi connectivity index (χ1n) is 5.34. The molecule has 1 aliphatic heterocycles. The number of hydrogen-bond acceptors (Lipinski definition) is 2. The Hall–Kier alpha value is -1.03. The molecule has 1 heterocycles. The average molecular weight is 284 g/mol. The molecule has 1 amide bonds. The van der Waals surface area contributed by atoms with Crippen molar-refractivity contribution in [2.75, 3.05) is 25.0 Å². The summed E-state index contributed by atoms with van der Waals surface area (Å²) in [6, 6.07) is 10.2. The van der Waals surface area contributed by atoms with Crippen LogP contribution < -0.4 is 0 Å². The molecule has 2 rings (SSSR count). The van der Waals surface area contributed by atoms with E-state index in [0.717, 1.165) is 5.33 Å². The van der Waals surface area contributed by atoms with E-state index in [2.05, 4.69) is 28.1 Å². The van der Waals surface area contributed by atoms with Crippen molar-refractivity contribution < 1.29 is 9.53 Å². The van der Waals surface area contributed by atoms with Gasteiger partial charge in [0, 0.05) is 17.8 Å². The van der Waals surface area contributed by atoms with E-state index in [-0.39, 0.29) is 6.09 Å². The maximum Gasteiger partial charge on any atom is 0.409 e. The van der Waals surface area contributed by atoms with Gasteiger partial charge in [-0.1, -0.05) is 46.3 Å². The van der Waals surface area contributed by atoms with Crippen LogP contribution in [-0.2, 0) is 4.74 Å². The van der Waals surface area contributed by atoms with Crippen molar-refractivity contribution >= 4 is 22.0 Å². The minimum atomic E-state index is -0.193. The molecule has 3 nitrogen and oxygen atoms in total. The van der Waals surface area contributed by atoms with E-state index in [1.165, 1.54) is 5.56 Å². The summed E-state index contributed by atoms with van der Waals surface area (Å²) in [6.07, 6.45) is -0.193. The van der Waals surface area contributed by atoms with Crippen molar-refractivity contribution in [1.82, 2.24) is 4.90 Å². The summed E-state index contributed by atoms with van der Waals surface area (Å²) in [4.78, 5) is 13.1. The molecule has 0 radical (unpaired) electrons. The number of carbonyl (C=O) groups excluding carboxylic acids is 1. The molecule has 4 heteroatoms. The number of amides is 1. The van der Waals surface area contributed by atoms with Crippen molar-refractivity contribution in [3.63, 3.8) is 0 Å². The molecule has 1 aromatic carbocycles. The first-order valence-corrected chi connectivity index (χ1v) is 6.46. The topological polar surface area (TPSA) is 29.5 Å². The lowest BCUT2D eigenvalue weighted by Crippen LogP contribution is -2.30. The first kappa shape index (κ1) is 11.5. The molecule has 0 aliphatic carbocycles.